The Morgan fingerprint density at radius 1 is 1.20 bits per heavy atom. The lowest BCUT2D eigenvalue weighted by molar-refractivity contribution is 0.252. The van der Waals surface area contributed by atoms with Crippen LogP contribution in [0.25, 0.3) is 10.8 Å². The summed E-state index contributed by atoms with van der Waals surface area (Å²) < 4.78 is 51.7. The lowest BCUT2D eigenvalue weighted by Crippen LogP contribution is -2.50. The van der Waals surface area contributed by atoms with E-state index < -0.39 is 25.4 Å². The van der Waals surface area contributed by atoms with E-state index in [4.69, 9.17) is 0 Å². The number of hydrogen-bond donors (Lipinski definition) is 0. The molecule has 0 spiro atoms. The quantitative estimate of drug-likeness (QED) is 0.749. The van der Waals surface area contributed by atoms with Crippen LogP contribution in [0, 0.1) is 0 Å². The Kier molecular flexibility index (Phi) is 4.51. The van der Waals surface area contributed by atoms with Crippen molar-refractivity contribution in [1.29, 1.82) is 0 Å². The first kappa shape index (κ1) is 18.1. The van der Waals surface area contributed by atoms with Gasteiger partial charge in [0, 0.05) is 12.1 Å². The number of benzene rings is 2. The molecule has 2 aromatic rings. The van der Waals surface area contributed by atoms with Crippen LogP contribution in [0.2, 0.25) is 0 Å². The van der Waals surface area contributed by atoms with Crippen LogP contribution >= 0.6 is 0 Å². The zero-order valence-electron chi connectivity index (χ0n) is 14.1. The molecule has 2 aromatic carbocycles. The van der Waals surface area contributed by atoms with E-state index in [1.165, 1.54) is 10.4 Å². The summed E-state index contributed by atoms with van der Waals surface area (Å²) >= 11 is 0. The van der Waals surface area contributed by atoms with Crippen LogP contribution < -0.4 is 0 Å². The van der Waals surface area contributed by atoms with Gasteiger partial charge in [0.15, 0.2) is 9.84 Å². The molecule has 0 N–H and O–H groups in total. The van der Waals surface area contributed by atoms with Crippen molar-refractivity contribution >= 4 is 30.6 Å². The molecule has 0 aliphatic carbocycles. The number of hydrogen-bond acceptors (Lipinski definition) is 4. The van der Waals surface area contributed by atoms with Crippen LogP contribution in [0.5, 0.6) is 0 Å². The molecule has 1 atom stereocenters. The SMILES string of the molecule is C=CCN([C@]1(C)CCS(=O)(=O)C1)S(=O)(=O)c1ccc2ccccc2c1. The number of fused-ring (bicyclic) bond motifs is 1. The van der Waals surface area contributed by atoms with Gasteiger partial charge in [-0.1, -0.05) is 36.4 Å². The normalized spacial score (nSPS) is 23.1. The van der Waals surface area contributed by atoms with E-state index in [9.17, 15) is 16.8 Å². The lowest BCUT2D eigenvalue weighted by atomic mass is 10.0. The van der Waals surface area contributed by atoms with Crippen LogP contribution in [0.4, 0.5) is 0 Å². The monoisotopic (exact) mass is 379 g/mol. The minimum atomic E-state index is -3.85. The van der Waals surface area contributed by atoms with E-state index in [-0.39, 0.29) is 29.4 Å². The van der Waals surface area contributed by atoms with Crippen LogP contribution in [0.15, 0.2) is 60.0 Å². The number of sulfone groups is 1. The average Bonchev–Trinajstić information content (AvgIpc) is 2.86. The highest BCUT2D eigenvalue weighted by Crippen LogP contribution is 2.34. The number of sulfonamides is 1. The Morgan fingerprint density at radius 2 is 1.88 bits per heavy atom. The highest BCUT2D eigenvalue weighted by Gasteiger charge is 2.47. The van der Waals surface area contributed by atoms with Gasteiger partial charge in [0.2, 0.25) is 10.0 Å². The molecule has 7 heteroatoms. The number of rotatable bonds is 5. The zero-order valence-corrected chi connectivity index (χ0v) is 15.7. The summed E-state index contributed by atoms with van der Waals surface area (Å²) in [7, 11) is -7.08. The van der Waals surface area contributed by atoms with E-state index in [1.54, 1.807) is 25.1 Å². The van der Waals surface area contributed by atoms with Gasteiger partial charge in [0.1, 0.15) is 0 Å². The summed E-state index contributed by atoms with van der Waals surface area (Å²) in [6.07, 6.45) is 1.78. The molecule has 0 bridgehead atoms. The smallest absolute Gasteiger partial charge is 0.229 e. The molecular formula is C18H21NO4S2. The molecule has 25 heavy (non-hydrogen) atoms. The molecule has 0 radical (unpaired) electrons. The van der Waals surface area contributed by atoms with Gasteiger partial charge in [-0.05, 0) is 36.2 Å². The van der Waals surface area contributed by atoms with Gasteiger partial charge in [-0.2, -0.15) is 4.31 Å². The molecule has 134 valence electrons. The Labute approximate surface area is 148 Å². The summed E-state index contributed by atoms with van der Waals surface area (Å²) in [4.78, 5) is 0.165. The summed E-state index contributed by atoms with van der Waals surface area (Å²) in [6, 6.07) is 12.5. The first-order chi connectivity index (χ1) is 11.7. The maximum atomic E-state index is 13.3. The van der Waals surface area contributed by atoms with Crippen molar-refractivity contribution in [3.8, 4) is 0 Å². The second kappa shape index (κ2) is 6.23. The highest BCUT2D eigenvalue weighted by molar-refractivity contribution is 7.92. The molecular weight excluding hydrogens is 358 g/mol. The number of nitrogens with zero attached hydrogens (tertiary/aromatic N) is 1. The largest absolute Gasteiger partial charge is 0.243 e. The average molecular weight is 380 g/mol. The predicted molar refractivity (Wildman–Crippen MR) is 99.7 cm³/mol. The third-order valence-electron chi connectivity index (χ3n) is 4.69. The molecule has 1 aliphatic heterocycles. The summed E-state index contributed by atoms with van der Waals surface area (Å²) in [6.45, 7) is 5.41. The Balaban J connectivity index is 2.09. The standard InChI is InChI=1S/C18H21NO4S2/c1-3-11-19(18(2)10-12-24(20,21)14-18)25(22,23)17-9-8-15-6-4-5-7-16(15)13-17/h3-9,13H,1,10-12,14H2,2H3/t18-/m1/s1. The minimum absolute atomic E-state index is 0.00435. The Hall–Kier alpha value is -1.70. The second-order valence-electron chi connectivity index (χ2n) is 6.67. The van der Waals surface area contributed by atoms with Crippen molar-refractivity contribution in [2.24, 2.45) is 0 Å². The van der Waals surface area contributed by atoms with E-state index in [2.05, 4.69) is 6.58 Å². The van der Waals surface area contributed by atoms with Gasteiger partial charge in [-0.25, -0.2) is 16.8 Å². The summed E-state index contributed by atoms with van der Waals surface area (Å²) in [5.74, 6) is -0.162. The lowest BCUT2D eigenvalue weighted by Gasteiger charge is -2.35. The molecule has 5 nitrogen and oxygen atoms in total. The first-order valence-electron chi connectivity index (χ1n) is 8.01. The van der Waals surface area contributed by atoms with Gasteiger partial charge in [0.05, 0.1) is 16.4 Å². The van der Waals surface area contributed by atoms with Crippen molar-refractivity contribution in [2.45, 2.75) is 23.8 Å². The van der Waals surface area contributed by atoms with Crippen molar-refractivity contribution < 1.29 is 16.8 Å². The molecule has 0 saturated carbocycles. The Morgan fingerprint density at radius 3 is 2.48 bits per heavy atom. The maximum Gasteiger partial charge on any atom is 0.243 e. The van der Waals surface area contributed by atoms with Gasteiger partial charge in [-0.3, -0.25) is 0 Å². The second-order valence-corrected chi connectivity index (χ2v) is 10.7. The molecule has 0 aromatic heterocycles. The maximum absolute atomic E-state index is 13.3. The van der Waals surface area contributed by atoms with Crippen molar-refractivity contribution in [1.82, 2.24) is 4.31 Å². The van der Waals surface area contributed by atoms with Gasteiger partial charge in [0.25, 0.3) is 0 Å². The van der Waals surface area contributed by atoms with Crippen molar-refractivity contribution in [3.63, 3.8) is 0 Å². The topological polar surface area (TPSA) is 71.5 Å². The van der Waals surface area contributed by atoms with Gasteiger partial charge >= 0.3 is 0 Å². The molecule has 0 amide bonds. The third-order valence-corrected chi connectivity index (χ3v) is 8.60. The first-order valence-corrected chi connectivity index (χ1v) is 11.3. The van der Waals surface area contributed by atoms with Crippen LogP contribution in [-0.4, -0.2) is 44.7 Å². The van der Waals surface area contributed by atoms with E-state index in [1.807, 2.05) is 24.3 Å². The van der Waals surface area contributed by atoms with E-state index >= 15 is 0 Å². The van der Waals surface area contributed by atoms with Gasteiger partial charge in [-0.15, -0.1) is 6.58 Å². The minimum Gasteiger partial charge on any atom is -0.229 e. The molecule has 3 rings (SSSR count). The van der Waals surface area contributed by atoms with E-state index in [0.717, 1.165) is 10.8 Å². The molecule has 1 saturated heterocycles. The Bertz CT molecular complexity index is 1030. The molecule has 0 unspecified atom stereocenters. The van der Waals surface area contributed by atoms with Crippen LogP contribution in [-0.2, 0) is 19.9 Å². The van der Waals surface area contributed by atoms with Crippen molar-refractivity contribution in [2.75, 3.05) is 18.1 Å². The third kappa shape index (κ3) is 3.36. The van der Waals surface area contributed by atoms with Crippen molar-refractivity contribution in [3.05, 3.63) is 55.1 Å². The fourth-order valence-electron chi connectivity index (χ4n) is 3.37. The highest BCUT2D eigenvalue weighted by atomic mass is 32.2. The predicted octanol–water partition coefficient (Wildman–Crippen LogP) is 2.59. The summed E-state index contributed by atoms with van der Waals surface area (Å²) in [5.41, 5.74) is -0.961. The van der Waals surface area contributed by atoms with Gasteiger partial charge < -0.3 is 0 Å². The zero-order chi connectivity index (χ0) is 18.3. The van der Waals surface area contributed by atoms with Crippen LogP contribution in [0.3, 0.4) is 0 Å². The fourth-order valence-corrected chi connectivity index (χ4v) is 7.40. The molecule has 1 heterocycles. The van der Waals surface area contributed by atoms with Crippen LogP contribution in [0.1, 0.15) is 13.3 Å². The fraction of sp³-hybridized carbons (Fsp3) is 0.333. The molecule has 1 fully saturated rings. The van der Waals surface area contributed by atoms with E-state index in [0.29, 0.717) is 0 Å². The summed E-state index contributed by atoms with van der Waals surface area (Å²) in [5, 5.41) is 1.78. The molecule has 1 aliphatic rings.